The van der Waals surface area contributed by atoms with Crippen molar-refractivity contribution in [1.82, 2.24) is 0 Å². The number of benzene rings is 3. The number of unbranched alkanes of at least 4 members (excludes halogenated alkanes) is 1. The van der Waals surface area contributed by atoms with E-state index in [0.29, 0.717) is 25.0 Å². The van der Waals surface area contributed by atoms with Crippen molar-refractivity contribution in [1.29, 1.82) is 0 Å². The van der Waals surface area contributed by atoms with Crippen LogP contribution in [0, 0.1) is 29.1 Å². The van der Waals surface area contributed by atoms with Crippen molar-refractivity contribution < 1.29 is 41.0 Å². The zero-order valence-corrected chi connectivity index (χ0v) is 22.2. The molecule has 0 spiro atoms. The molecule has 9 heteroatoms. The first-order chi connectivity index (χ1) is 19.2. The first-order valence-corrected chi connectivity index (χ1v) is 13.2. The summed E-state index contributed by atoms with van der Waals surface area (Å²) in [6.45, 7) is 4.02. The number of carbonyl (C=O) groups excluding carboxylic acids is 1. The van der Waals surface area contributed by atoms with E-state index in [2.05, 4.69) is 0 Å². The Kier molecular flexibility index (Phi) is 9.45. The van der Waals surface area contributed by atoms with Crippen LogP contribution >= 0.6 is 0 Å². The first-order valence-electron chi connectivity index (χ1n) is 13.2. The lowest BCUT2D eigenvalue weighted by atomic mass is 9.91. The van der Waals surface area contributed by atoms with Gasteiger partial charge in [-0.05, 0) is 68.2 Å². The van der Waals surface area contributed by atoms with E-state index in [1.807, 2.05) is 6.92 Å². The third kappa shape index (κ3) is 6.29. The van der Waals surface area contributed by atoms with Crippen LogP contribution in [0.4, 0.5) is 22.0 Å². The summed E-state index contributed by atoms with van der Waals surface area (Å²) in [6, 6.07) is 8.63. The maximum atomic E-state index is 14.8. The van der Waals surface area contributed by atoms with Crippen molar-refractivity contribution >= 4 is 11.5 Å². The van der Waals surface area contributed by atoms with Gasteiger partial charge in [0, 0.05) is 23.1 Å². The van der Waals surface area contributed by atoms with Crippen LogP contribution in [-0.2, 0) is 4.74 Å². The van der Waals surface area contributed by atoms with Crippen LogP contribution in [0.15, 0.2) is 48.5 Å². The number of hydrogen-bond donors (Lipinski definition) is 0. The fourth-order valence-corrected chi connectivity index (χ4v) is 4.47. The number of ether oxygens (including phenoxy) is 3. The van der Waals surface area contributed by atoms with Gasteiger partial charge in [0.2, 0.25) is 11.6 Å². The number of allylic oxidation sites excluding steroid dienone is 1. The van der Waals surface area contributed by atoms with Gasteiger partial charge in [-0.15, -0.1) is 0 Å². The summed E-state index contributed by atoms with van der Waals surface area (Å²) in [6.07, 6.45) is 3.67. The number of esters is 1. The Morgan fingerprint density at radius 2 is 1.48 bits per heavy atom. The Bertz CT molecular complexity index is 1420. The van der Waals surface area contributed by atoms with Gasteiger partial charge in [-0.1, -0.05) is 25.5 Å². The molecular formula is C31H29F5O4. The van der Waals surface area contributed by atoms with Crippen LogP contribution in [0.5, 0.6) is 11.5 Å². The standard InChI is InChI=1S/C31H29F5O4/c1-3-5-16-39-26-14-12-21(27(33)30(26)36)18-6-9-20(10-7-18)40-31(37)19-8-11-22(24(32)17-19)23-13-15-25(38-4-2)29(35)28(23)34/h6,8,11-15,17,20H,3-5,7,9-10,16H2,1-2H3. The molecule has 0 amide bonds. The van der Waals surface area contributed by atoms with Crippen LogP contribution in [0.25, 0.3) is 16.7 Å². The molecule has 4 nitrogen and oxygen atoms in total. The van der Waals surface area contributed by atoms with Gasteiger partial charge in [0.1, 0.15) is 11.9 Å². The molecule has 0 fully saturated rings. The van der Waals surface area contributed by atoms with Crippen LogP contribution in [0.1, 0.15) is 61.9 Å². The second-order valence-electron chi connectivity index (χ2n) is 9.34. The summed E-state index contributed by atoms with van der Waals surface area (Å²) in [4.78, 5) is 12.7. The van der Waals surface area contributed by atoms with Gasteiger partial charge < -0.3 is 14.2 Å². The molecule has 0 heterocycles. The molecule has 4 rings (SSSR count). The largest absolute Gasteiger partial charge is 0.491 e. The average Bonchev–Trinajstić information content (AvgIpc) is 2.95. The van der Waals surface area contributed by atoms with E-state index in [-0.39, 0.29) is 46.8 Å². The normalized spacial score (nSPS) is 15.0. The van der Waals surface area contributed by atoms with Crippen molar-refractivity contribution in [2.45, 2.75) is 52.1 Å². The molecule has 3 aromatic carbocycles. The van der Waals surface area contributed by atoms with Gasteiger partial charge in [-0.3, -0.25) is 0 Å². The minimum absolute atomic E-state index is 0.102. The third-order valence-corrected chi connectivity index (χ3v) is 6.63. The topological polar surface area (TPSA) is 44.8 Å². The Morgan fingerprint density at radius 3 is 2.10 bits per heavy atom. The van der Waals surface area contributed by atoms with Crippen LogP contribution < -0.4 is 9.47 Å². The summed E-state index contributed by atoms with van der Waals surface area (Å²) in [5.74, 6) is -6.66. The predicted octanol–water partition coefficient (Wildman–Crippen LogP) is 8.42. The highest BCUT2D eigenvalue weighted by Crippen LogP contribution is 2.35. The van der Waals surface area contributed by atoms with Crippen molar-refractivity contribution in [2.24, 2.45) is 0 Å². The summed E-state index contributed by atoms with van der Waals surface area (Å²) in [7, 11) is 0. The lowest BCUT2D eigenvalue weighted by Gasteiger charge is -2.23. The van der Waals surface area contributed by atoms with E-state index >= 15 is 0 Å². The Hall–Kier alpha value is -3.88. The molecule has 1 aliphatic carbocycles. The van der Waals surface area contributed by atoms with E-state index in [4.69, 9.17) is 14.2 Å². The molecule has 0 bridgehead atoms. The minimum Gasteiger partial charge on any atom is -0.491 e. The smallest absolute Gasteiger partial charge is 0.338 e. The SMILES string of the molecule is CCCCOc1ccc(C2=CCC(OC(=O)c3ccc(-c4ccc(OCC)c(F)c4F)c(F)c3)CC2)c(F)c1F. The summed E-state index contributed by atoms with van der Waals surface area (Å²) < 4.78 is 88.6. The van der Waals surface area contributed by atoms with E-state index in [1.165, 1.54) is 36.4 Å². The average molecular weight is 561 g/mol. The Balaban J connectivity index is 1.42. The van der Waals surface area contributed by atoms with Gasteiger partial charge in [-0.25, -0.2) is 18.0 Å². The molecule has 0 radical (unpaired) electrons. The van der Waals surface area contributed by atoms with Gasteiger partial charge in [-0.2, -0.15) is 8.78 Å². The van der Waals surface area contributed by atoms with Gasteiger partial charge in [0.05, 0.1) is 18.8 Å². The van der Waals surface area contributed by atoms with Gasteiger partial charge in [0.25, 0.3) is 0 Å². The lowest BCUT2D eigenvalue weighted by Crippen LogP contribution is -2.20. The van der Waals surface area contributed by atoms with Crippen LogP contribution in [0.3, 0.4) is 0 Å². The van der Waals surface area contributed by atoms with E-state index in [1.54, 1.807) is 13.0 Å². The molecule has 3 aromatic rings. The molecular weight excluding hydrogens is 531 g/mol. The second kappa shape index (κ2) is 13.0. The fraction of sp³-hybridized carbons (Fsp3) is 0.323. The summed E-state index contributed by atoms with van der Waals surface area (Å²) >= 11 is 0. The number of carbonyl (C=O) groups is 1. The van der Waals surface area contributed by atoms with Crippen molar-refractivity contribution in [3.05, 3.63) is 88.8 Å². The molecule has 40 heavy (non-hydrogen) atoms. The van der Waals surface area contributed by atoms with Gasteiger partial charge in [0.15, 0.2) is 23.1 Å². The Morgan fingerprint density at radius 1 is 0.825 bits per heavy atom. The van der Waals surface area contributed by atoms with E-state index < -0.39 is 41.2 Å². The van der Waals surface area contributed by atoms with Crippen molar-refractivity contribution in [2.75, 3.05) is 13.2 Å². The van der Waals surface area contributed by atoms with E-state index in [9.17, 15) is 26.7 Å². The molecule has 0 saturated carbocycles. The highest BCUT2D eigenvalue weighted by atomic mass is 19.2. The lowest BCUT2D eigenvalue weighted by molar-refractivity contribution is 0.0284. The third-order valence-electron chi connectivity index (χ3n) is 6.63. The van der Waals surface area contributed by atoms with E-state index in [0.717, 1.165) is 18.9 Å². The van der Waals surface area contributed by atoms with Crippen LogP contribution in [0.2, 0.25) is 0 Å². The minimum atomic E-state index is -1.26. The number of hydrogen-bond acceptors (Lipinski definition) is 4. The summed E-state index contributed by atoms with van der Waals surface area (Å²) in [5, 5.41) is 0. The Labute approximate surface area is 229 Å². The highest BCUT2D eigenvalue weighted by Gasteiger charge is 2.25. The molecule has 0 aromatic heterocycles. The molecule has 1 unspecified atom stereocenters. The molecule has 1 atom stereocenters. The summed E-state index contributed by atoms with van der Waals surface area (Å²) in [5.41, 5.74) is 0.0731. The second-order valence-corrected chi connectivity index (χ2v) is 9.34. The molecule has 0 saturated heterocycles. The number of halogens is 5. The zero-order chi connectivity index (χ0) is 28.8. The van der Waals surface area contributed by atoms with Crippen molar-refractivity contribution in [3.63, 3.8) is 0 Å². The number of rotatable bonds is 10. The monoisotopic (exact) mass is 560 g/mol. The predicted molar refractivity (Wildman–Crippen MR) is 141 cm³/mol. The zero-order valence-electron chi connectivity index (χ0n) is 22.2. The fourth-order valence-electron chi connectivity index (χ4n) is 4.47. The first kappa shape index (κ1) is 29.1. The molecule has 0 aliphatic heterocycles. The molecule has 1 aliphatic rings. The molecule has 212 valence electrons. The quantitative estimate of drug-likeness (QED) is 0.142. The maximum Gasteiger partial charge on any atom is 0.338 e. The van der Waals surface area contributed by atoms with Gasteiger partial charge >= 0.3 is 5.97 Å². The van der Waals surface area contributed by atoms with Crippen LogP contribution in [-0.4, -0.2) is 25.3 Å². The molecule has 0 N–H and O–H groups in total. The van der Waals surface area contributed by atoms with Crippen molar-refractivity contribution in [3.8, 4) is 22.6 Å². The highest BCUT2D eigenvalue weighted by molar-refractivity contribution is 5.90. The maximum absolute atomic E-state index is 14.8.